The molecule has 1 fully saturated rings. The van der Waals surface area contributed by atoms with E-state index in [0.717, 1.165) is 30.7 Å². The number of sulfonamides is 1. The molecule has 1 aliphatic heterocycles. The van der Waals surface area contributed by atoms with Crippen molar-refractivity contribution in [2.45, 2.75) is 44.8 Å². The highest BCUT2D eigenvalue weighted by atomic mass is 32.2. The Balaban J connectivity index is 2.12. The molecule has 1 N–H and O–H groups in total. The molecule has 0 spiro atoms. The molecule has 1 atom stereocenters. The van der Waals surface area contributed by atoms with Crippen molar-refractivity contribution in [1.82, 2.24) is 4.31 Å². The molecule has 1 aromatic rings. The molecule has 25 heavy (non-hydrogen) atoms. The van der Waals surface area contributed by atoms with E-state index in [1.54, 1.807) is 6.92 Å². The number of anilines is 1. The molecular weight excluding hydrogens is 357 g/mol. The Morgan fingerprint density at radius 2 is 1.88 bits per heavy atom. The van der Waals surface area contributed by atoms with Gasteiger partial charge in [-0.2, -0.15) is 17.5 Å². The van der Waals surface area contributed by atoms with Crippen molar-refractivity contribution in [2.75, 3.05) is 17.6 Å². The molecule has 1 heterocycles. The van der Waals surface area contributed by atoms with Gasteiger partial charge in [-0.3, -0.25) is 4.79 Å². The fraction of sp³-hybridized carbons (Fsp3) is 0.562. The minimum Gasteiger partial charge on any atom is -0.325 e. The van der Waals surface area contributed by atoms with E-state index in [0.29, 0.717) is 19.3 Å². The Morgan fingerprint density at radius 3 is 2.44 bits per heavy atom. The van der Waals surface area contributed by atoms with Crippen molar-refractivity contribution < 1.29 is 26.4 Å². The number of benzene rings is 1. The third-order valence-corrected chi connectivity index (χ3v) is 6.13. The van der Waals surface area contributed by atoms with Gasteiger partial charge >= 0.3 is 6.18 Å². The van der Waals surface area contributed by atoms with Gasteiger partial charge in [0.2, 0.25) is 15.9 Å². The number of hydrogen-bond acceptors (Lipinski definition) is 3. The van der Waals surface area contributed by atoms with Crippen LogP contribution in [-0.4, -0.2) is 37.0 Å². The van der Waals surface area contributed by atoms with Crippen LogP contribution in [0.1, 0.15) is 38.2 Å². The lowest BCUT2D eigenvalue weighted by molar-refractivity contribution is -0.137. The van der Waals surface area contributed by atoms with Gasteiger partial charge in [0.25, 0.3) is 0 Å². The lowest BCUT2D eigenvalue weighted by atomic mass is 10.0. The third-order valence-electron chi connectivity index (χ3n) is 4.06. The third kappa shape index (κ3) is 4.94. The van der Waals surface area contributed by atoms with Gasteiger partial charge in [-0.05, 0) is 43.5 Å². The molecule has 1 unspecified atom stereocenters. The second-order valence-corrected chi connectivity index (χ2v) is 8.04. The maximum absolute atomic E-state index is 12.6. The van der Waals surface area contributed by atoms with E-state index in [4.69, 9.17) is 0 Å². The van der Waals surface area contributed by atoms with E-state index in [-0.39, 0.29) is 18.0 Å². The summed E-state index contributed by atoms with van der Waals surface area (Å²) < 4.78 is 63.6. The smallest absolute Gasteiger partial charge is 0.325 e. The van der Waals surface area contributed by atoms with E-state index in [9.17, 15) is 26.4 Å². The molecule has 1 amide bonds. The number of carbonyl (C=O) groups excluding carboxylic acids is 1. The Bertz CT molecular complexity index is 702. The molecule has 140 valence electrons. The molecule has 0 saturated carbocycles. The summed E-state index contributed by atoms with van der Waals surface area (Å²) in [6.07, 6.45) is -2.19. The number of nitrogens with one attached hydrogen (secondary N) is 1. The van der Waals surface area contributed by atoms with Gasteiger partial charge < -0.3 is 5.32 Å². The van der Waals surface area contributed by atoms with Crippen molar-refractivity contribution in [3.05, 3.63) is 29.8 Å². The molecule has 5 nitrogen and oxygen atoms in total. The van der Waals surface area contributed by atoms with Crippen LogP contribution >= 0.6 is 0 Å². The van der Waals surface area contributed by atoms with Gasteiger partial charge in [0.05, 0.1) is 11.3 Å². The molecule has 2 rings (SSSR count). The van der Waals surface area contributed by atoms with E-state index in [2.05, 4.69) is 5.32 Å². The van der Waals surface area contributed by atoms with Crippen LogP contribution < -0.4 is 5.32 Å². The lowest BCUT2D eigenvalue weighted by Gasteiger charge is -2.33. The summed E-state index contributed by atoms with van der Waals surface area (Å²) in [4.78, 5) is 12.5. The SMILES string of the molecule is CCCS(=O)(=O)N1CCCCC1C(=O)Nc1ccc(C(F)(F)F)cc1. The number of nitrogens with zero attached hydrogens (tertiary/aromatic N) is 1. The van der Waals surface area contributed by atoms with Gasteiger partial charge in [0.1, 0.15) is 6.04 Å². The highest BCUT2D eigenvalue weighted by Crippen LogP contribution is 2.30. The zero-order valence-electron chi connectivity index (χ0n) is 13.8. The molecular formula is C16H21F3N2O3S. The number of hydrogen-bond donors (Lipinski definition) is 1. The second kappa shape index (κ2) is 7.74. The first-order valence-corrected chi connectivity index (χ1v) is 9.73. The van der Waals surface area contributed by atoms with Crippen molar-refractivity contribution in [1.29, 1.82) is 0 Å². The van der Waals surface area contributed by atoms with Crippen molar-refractivity contribution in [3.63, 3.8) is 0 Å². The number of piperidine rings is 1. The van der Waals surface area contributed by atoms with Gasteiger partial charge in [-0.1, -0.05) is 13.3 Å². The summed E-state index contributed by atoms with van der Waals surface area (Å²) in [5, 5.41) is 2.52. The number of alkyl halides is 3. The normalized spacial score (nSPS) is 19.6. The zero-order valence-corrected chi connectivity index (χ0v) is 14.7. The maximum Gasteiger partial charge on any atom is 0.416 e. The number of carbonyl (C=O) groups is 1. The first-order chi connectivity index (χ1) is 11.6. The fourth-order valence-electron chi connectivity index (χ4n) is 2.84. The molecule has 0 radical (unpaired) electrons. The van der Waals surface area contributed by atoms with Gasteiger partial charge in [0.15, 0.2) is 0 Å². The Kier molecular flexibility index (Phi) is 6.10. The molecule has 0 aromatic heterocycles. The summed E-state index contributed by atoms with van der Waals surface area (Å²) in [6.45, 7) is 2.03. The second-order valence-electron chi connectivity index (χ2n) is 6.00. The maximum atomic E-state index is 12.6. The number of amides is 1. The molecule has 1 aromatic carbocycles. The van der Waals surface area contributed by atoms with Crippen LogP contribution in [0.2, 0.25) is 0 Å². The minimum absolute atomic E-state index is 0.0307. The summed E-state index contributed by atoms with van der Waals surface area (Å²) in [5.41, 5.74) is -0.605. The predicted octanol–water partition coefficient (Wildman–Crippen LogP) is 3.24. The predicted molar refractivity (Wildman–Crippen MR) is 88.5 cm³/mol. The summed E-state index contributed by atoms with van der Waals surface area (Å²) in [7, 11) is -3.52. The average molecular weight is 378 g/mol. The Labute approximate surface area is 145 Å². The first kappa shape index (κ1) is 19.7. The van der Waals surface area contributed by atoms with Crippen LogP contribution in [0.15, 0.2) is 24.3 Å². The van der Waals surface area contributed by atoms with Crippen LogP contribution in [0.4, 0.5) is 18.9 Å². The van der Waals surface area contributed by atoms with Gasteiger partial charge in [-0.15, -0.1) is 0 Å². The zero-order chi connectivity index (χ0) is 18.7. The van der Waals surface area contributed by atoms with Crippen molar-refractivity contribution >= 4 is 21.6 Å². The fourth-order valence-corrected chi connectivity index (χ4v) is 4.59. The standard InChI is InChI=1S/C16H21F3N2O3S/c1-2-11-25(23,24)21-10-4-3-5-14(21)15(22)20-13-8-6-12(7-9-13)16(17,18)19/h6-9,14H,2-5,10-11H2,1H3,(H,20,22). The van der Waals surface area contributed by atoms with Crippen LogP contribution in [0, 0.1) is 0 Å². The van der Waals surface area contributed by atoms with Crippen LogP contribution in [0.3, 0.4) is 0 Å². The molecule has 9 heteroatoms. The van der Waals surface area contributed by atoms with Crippen LogP contribution in [0.25, 0.3) is 0 Å². The first-order valence-electron chi connectivity index (χ1n) is 8.13. The van der Waals surface area contributed by atoms with Crippen molar-refractivity contribution in [3.8, 4) is 0 Å². The minimum atomic E-state index is -4.45. The monoisotopic (exact) mass is 378 g/mol. The summed E-state index contributed by atoms with van der Waals surface area (Å²) in [5.74, 6) is -0.545. The van der Waals surface area contributed by atoms with Crippen molar-refractivity contribution in [2.24, 2.45) is 0 Å². The molecule has 1 aliphatic rings. The van der Waals surface area contributed by atoms with E-state index >= 15 is 0 Å². The Morgan fingerprint density at radius 1 is 1.24 bits per heavy atom. The molecule has 1 saturated heterocycles. The number of halogens is 3. The molecule has 0 aliphatic carbocycles. The van der Waals surface area contributed by atoms with Crippen LogP contribution in [-0.2, 0) is 21.0 Å². The Hall–Kier alpha value is -1.61. The van der Waals surface area contributed by atoms with Crippen LogP contribution in [0.5, 0.6) is 0 Å². The van der Waals surface area contributed by atoms with E-state index < -0.39 is 33.7 Å². The topological polar surface area (TPSA) is 66.5 Å². The van der Waals surface area contributed by atoms with Gasteiger partial charge in [-0.25, -0.2) is 8.42 Å². The summed E-state index contributed by atoms with van der Waals surface area (Å²) >= 11 is 0. The highest BCUT2D eigenvalue weighted by Gasteiger charge is 2.36. The summed E-state index contributed by atoms with van der Waals surface area (Å²) in [6, 6.07) is 3.25. The average Bonchev–Trinajstić information content (AvgIpc) is 2.54. The van der Waals surface area contributed by atoms with E-state index in [1.165, 1.54) is 4.31 Å². The largest absolute Gasteiger partial charge is 0.416 e. The molecule has 0 bridgehead atoms. The lowest BCUT2D eigenvalue weighted by Crippen LogP contribution is -2.50. The van der Waals surface area contributed by atoms with Gasteiger partial charge in [0, 0.05) is 12.2 Å². The van der Waals surface area contributed by atoms with E-state index in [1.807, 2.05) is 0 Å². The number of rotatable bonds is 5. The highest BCUT2D eigenvalue weighted by molar-refractivity contribution is 7.89. The quantitative estimate of drug-likeness (QED) is 0.855.